The summed E-state index contributed by atoms with van der Waals surface area (Å²) in [6.07, 6.45) is 3.44. The summed E-state index contributed by atoms with van der Waals surface area (Å²) >= 11 is 5.81. The highest BCUT2D eigenvalue weighted by atomic mass is 35.5. The Bertz CT molecular complexity index is 697. The molecule has 0 radical (unpaired) electrons. The molecular formula is C13H16ClN3O2S. The van der Waals surface area contributed by atoms with E-state index in [0.717, 1.165) is 5.56 Å². The standard InChI is InChI=1S/C13H16ClN3O2S/c1-16-9-11(8-15-16)10-17(2)20(18,19)13-6-4-3-5-12(13)7-14/h3-6,8-9H,7,10H2,1-2H3. The molecule has 0 saturated heterocycles. The SMILES string of the molecule is CN(Cc1cnn(C)c1)S(=O)(=O)c1ccccc1CCl. The number of benzene rings is 1. The van der Waals surface area contributed by atoms with Gasteiger partial charge in [0.05, 0.1) is 11.1 Å². The van der Waals surface area contributed by atoms with Gasteiger partial charge in [0.15, 0.2) is 0 Å². The first-order valence-corrected chi connectivity index (χ1v) is 8.00. The van der Waals surface area contributed by atoms with E-state index in [1.165, 1.54) is 4.31 Å². The molecule has 0 aliphatic rings. The Labute approximate surface area is 123 Å². The molecule has 0 fully saturated rings. The minimum atomic E-state index is -3.56. The maximum absolute atomic E-state index is 12.6. The van der Waals surface area contributed by atoms with E-state index >= 15 is 0 Å². The molecule has 0 aliphatic carbocycles. The fraction of sp³-hybridized carbons (Fsp3) is 0.308. The van der Waals surface area contributed by atoms with Gasteiger partial charge in [-0.1, -0.05) is 18.2 Å². The van der Waals surface area contributed by atoms with Gasteiger partial charge in [0.2, 0.25) is 10.0 Å². The molecule has 20 heavy (non-hydrogen) atoms. The average Bonchev–Trinajstić information content (AvgIpc) is 2.84. The lowest BCUT2D eigenvalue weighted by Gasteiger charge is -2.18. The van der Waals surface area contributed by atoms with Crippen LogP contribution in [0.3, 0.4) is 0 Å². The molecule has 5 nitrogen and oxygen atoms in total. The zero-order valence-corrected chi connectivity index (χ0v) is 12.9. The van der Waals surface area contributed by atoms with E-state index in [9.17, 15) is 8.42 Å². The van der Waals surface area contributed by atoms with Crippen molar-refractivity contribution in [1.29, 1.82) is 0 Å². The number of rotatable bonds is 5. The highest BCUT2D eigenvalue weighted by molar-refractivity contribution is 7.89. The first-order valence-electron chi connectivity index (χ1n) is 6.03. The van der Waals surface area contributed by atoms with Crippen molar-refractivity contribution in [3.63, 3.8) is 0 Å². The van der Waals surface area contributed by atoms with Crippen LogP contribution >= 0.6 is 11.6 Å². The summed E-state index contributed by atoms with van der Waals surface area (Å²) in [6.45, 7) is 0.271. The molecule has 0 bridgehead atoms. The van der Waals surface area contributed by atoms with Crippen molar-refractivity contribution in [3.8, 4) is 0 Å². The van der Waals surface area contributed by atoms with Gasteiger partial charge in [-0.3, -0.25) is 4.68 Å². The van der Waals surface area contributed by atoms with Crippen molar-refractivity contribution >= 4 is 21.6 Å². The Morgan fingerprint density at radius 3 is 2.65 bits per heavy atom. The molecule has 1 heterocycles. The average molecular weight is 314 g/mol. The van der Waals surface area contributed by atoms with Crippen LogP contribution in [0.1, 0.15) is 11.1 Å². The van der Waals surface area contributed by atoms with Gasteiger partial charge in [-0.05, 0) is 11.6 Å². The van der Waals surface area contributed by atoms with E-state index in [2.05, 4.69) is 5.10 Å². The van der Waals surface area contributed by atoms with Crippen LogP contribution in [0, 0.1) is 0 Å². The van der Waals surface area contributed by atoms with Gasteiger partial charge in [-0.25, -0.2) is 8.42 Å². The molecule has 1 aromatic carbocycles. The second kappa shape index (κ2) is 5.95. The van der Waals surface area contributed by atoms with Gasteiger partial charge in [-0.2, -0.15) is 9.40 Å². The van der Waals surface area contributed by atoms with Crippen molar-refractivity contribution in [1.82, 2.24) is 14.1 Å². The van der Waals surface area contributed by atoms with Crippen LogP contribution in [0.2, 0.25) is 0 Å². The van der Waals surface area contributed by atoms with E-state index in [0.29, 0.717) is 5.56 Å². The molecule has 0 spiro atoms. The Hall–Kier alpha value is -1.37. The number of alkyl halides is 1. The summed E-state index contributed by atoms with van der Waals surface area (Å²) < 4.78 is 28.1. The molecule has 0 atom stereocenters. The predicted octanol–water partition coefficient (Wildman–Crippen LogP) is 1.98. The molecule has 0 aliphatic heterocycles. The summed E-state index contributed by atoms with van der Waals surface area (Å²) in [7, 11) is -0.217. The van der Waals surface area contributed by atoms with Crippen LogP contribution in [-0.4, -0.2) is 29.6 Å². The van der Waals surface area contributed by atoms with Crippen LogP contribution in [0.15, 0.2) is 41.6 Å². The Morgan fingerprint density at radius 1 is 1.35 bits per heavy atom. The topological polar surface area (TPSA) is 55.2 Å². The van der Waals surface area contributed by atoms with Gasteiger partial charge in [0.1, 0.15) is 0 Å². The summed E-state index contributed by atoms with van der Waals surface area (Å²) in [5.41, 5.74) is 1.44. The maximum atomic E-state index is 12.6. The fourth-order valence-corrected chi connectivity index (χ4v) is 3.62. The minimum absolute atomic E-state index is 0.163. The normalized spacial score (nSPS) is 12.0. The quantitative estimate of drug-likeness (QED) is 0.793. The molecule has 0 amide bonds. The molecule has 0 N–H and O–H groups in total. The highest BCUT2D eigenvalue weighted by Gasteiger charge is 2.23. The second-order valence-corrected chi connectivity index (χ2v) is 6.81. The summed E-state index contributed by atoms with van der Waals surface area (Å²) in [5, 5.41) is 4.03. The van der Waals surface area contributed by atoms with Gasteiger partial charge in [0.25, 0.3) is 0 Å². The highest BCUT2D eigenvalue weighted by Crippen LogP contribution is 2.21. The van der Waals surface area contributed by atoms with Gasteiger partial charge in [-0.15, -0.1) is 11.6 Å². The van der Waals surface area contributed by atoms with Crippen LogP contribution in [0.5, 0.6) is 0 Å². The molecule has 2 aromatic rings. The van der Waals surface area contributed by atoms with Crippen LogP contribution in [0.4, 0.5) is 0 Å². The summed E-state index contributed by atoms with van der Waals surface area (Å²) in [6, 6.07) is 6.77. The van der Waals surface area contributed by atoms with Crippen molar-refractivity contribution in [3.05, 3.63) is 47.8 Å². The monoisotopic (exact) mass is 313 g/mol. The molecule has 7 heteroatoms. The molecule has 2 rings (SSSR count). The van der Waals surface area contributed by atoms with Crippen LogP contribution in [0.25, 0.3) is 0 Å². The van der Waals surface area contributed by atoms with E-state index in [1.54, 1.807) is 55.4 Å². The predicted molar refractivity (Wildman–Crippen MR) is 77.9 cm³/mol. The first-order chi connectivity index (χ1) is 9.45. The lowest BCUT2D eigenvalue weighted by Crippen LogP contribution is -2.27. The van der Waals surface area contributed by atoms with Gasteiger partial charge in [0, 0.05) is 38.3 Å². The van der Waals surface area contributed by atoms with Gasteiger partial charge >= 0.3 is 0 Å². The van der Waals surface area contributed by atoms with Crippen LogP contribution < -0.4 is 0 Å². The second-order valence-electron chi connectivity index (χ2n) is 4.52. The Morgan fingerprint density at radius 2 is 2.05 bits per heavy atom. The fourth-order valence-electron chi connectivity index (χ4n) is 1.93. The number of aryl methyl sites for hydroxylation is 1. The first kappa shape index (κ1) is 15.0. The number of aromatic nitrogens is 2. The largest absolute Gasteiger partial charge is 0.275 e. The maximum Gasteiger partial charge on any atom is 0.243 e. The number of halogens is 1. The molecule has 0 saturated carbocycles. The van der Waals surface area contributed by atoms with E-state index in [-0.39, 0.29) is 17.3 Å². The molecular weight excluding hydrogens is 298 g/mol. The zero-order valence-electron chi connectivity index (χ0n) is 11.3. The summed E-state index contributed by atoms with van der Waals surface area (Å²) in [5.74, 6) is 0.163. The number of hydrogen-bond acceptors (Lipinski definition) is 3. The third-order valence-electron chi connectivity index (χ3n) is 2.97. The third kappa shape index (κ3) is 3.03. The van der Waals surface area contributed by atoms with Crippen molar-refractivity contribution < 1.29 is 8.42 Å². The lowest BCUT2D eigenvalue weighted by atomic mass is 10.2. The van der Waals surface area contributed by atoms with Gasteiger partial charge < -0.3 is 0 Å². The van der Waals surface area contributed by atoms with E-state index in [4.69, 9.17) is 11.6 Å². The lowest BCUT2D eigenvalue weighted by molar-refractivity contribution is 0.466. The van der Waals surface area contributed by atoms with Crippen molar-refractivity contribution in [2.75, 3.05) is 7.05 Å². The Kier molecular flexibility index (Phi) is 4.47. The van der Waals surface area contributed by atoms with Crippen molar-refractivity contribution in [2.24, 2.45) is 7.05 Å². The van der Waals surface area contributed by atoms with Crippen molar-refractivity contribution in [2.45, 2.75) is 17.3 Å². The van der Waals surface area contributed by atoms with Crippen LogP contribution in [-0.2, 0) is 29.5 Å². The molecule has 1 aromatic heterocycles. The molecule has 108 valence electrons. The number of sulfonamides is 1. The van der Waals surface area contributed by atoms with E-state index in [1.807, 2.05) is 0 Å². The number of hydrogen-bond donors (Lipinski definition) is 0. The van der Waals surface area contributed by atoms with E-state index < -0.39 is 10.0 Å². The number of nitrogens with zero attached hydrogens (tertiary/aromatic N) is 3. The zero-order chi connectivity index (χ0) is 14.8. The smallest absolute Gasteiger partial charge is 0.243 e. The third-order valence-corrected chi connectivity index (χ3v) is 5.16. The molecule has 0 unspecified atom stereocenters. The summed E-state index contributed by atoms with van der Waals surface area (Å²) in [4.78, 5) is 0.251. The minimum Gasteiger partial charge on any atom is -0.275 e. The Balaban J connectivity index is 2.29.